The van der Waals surface area contributed by atoms with E-state index in [0.29, 0.717) is 34.2 Å². The van der Waals surface area contributed by atoms with Crippen LogP contribution in [0.1, 0.15) is 17.3 Å². The van der Waals surface area contributed by atoms with Gasteiger partial charge in [-0.2, -0.15) is 0 Å². The first-order valence-electron chi connectivity index (χ1n) is 9.83. The molecule has 4 rings (SSSR count). The van der Waals surface area contributed by atoms with Crippen molar-refractivity contribution in [1.82, 2.24) is 0 Å². The lowest BCUT2D eigenvalue weighted by Crippen LogP contribution is -2.46. The molecule has 158 valence electrons. The summed E-state index contributed by atoms with van der Waals surface area (Å²) in [4.78, 5) is 25.8. The Balaban J connectivity index is 1.51. The molecule has 0 saturated heterocycles. The molecule has 1 aliphatic heterocycles. The van der Waals surface area contributed by atoms with E-state index in [1.165, 1.54) is 0 Å². The summed E-state index contributed by atoms with van der Waals surface area (Å²) in [6, 6.07) is 21.0. The summed E-state index contributed by atoms with van der Waals surface area (Å²) in [5, 5.41) is 5.62. The van der Waals surface area contributed by atoms with Crippen molar-refractivity contribution in [3.8, 4) is 17.2 Å². The fraction of sp³-hybridized carbons (Fsp3) is 0.167. The molecule has 1 aliphatic rings. The number of nitrogens with one attached hydrogen (secondary N) is 2. The van der Waals surface area contributed by atoms with Gasteiger partial charge in [0, 0.05) is 11.8 Å². The van der Waals surface area contributed by atoms with Crippen molar-refractivity contribution in [2.24, 2.45) is 0 Å². The summed E-state index contributed by atoms with van der Waals surface area (Å²) in [7, 11) is 1.56. The highest BCUT2D eigenvalue weighted by atomic mass is 16.6. The molecule has 3 aromatic rings. The highest BCUT2D eigenvalue weighted by Crippen LogP contribution is 2.34. The number of hydrogen-bond acceptors (Lipinski definition) is 5. The van der Waals surface area contributed by atoms with Gasteiger partial charge in [-0.05, 0) is 43.3 Å². The van der Waals surface area contributed by atoms with Crippen LogP contribution >= 0.6 is 0 Å². The molecule has 2 N–H and O–H groups in total. The molecule has 0 aliphatic carbocycles. The minimum atomic E-state index is -0.857. The number of ether oxygens (including phenoxy) is 3. The van der Waals surface area contributed by atoms with Crippen LogP contribution in [0.5, 0.6) is 17.2 Å². The zero-order valence-electron chi connectivity index (χ0n) is 17.1. The van der Waals surface area contributed by atoms with Crippen LogP contribution in [0.25, 0.3) is 0 Å². The minimum absolute atomic E-state index is 0.323. The van der Waals surface area contributed by atoms with Crippen molar-refractivity contribution < 1.29 is 23.8 Å². The van der Waals surface area contributed by atoms with E-state index in [1.54, 1.807) is 74.7 Å². The number of methoxy groups -OCH3 is 1. The molecule has 7 nitrogen and oxygen atoms in total. The first-order valence-corrected chi connectivity index (χ1v) is 9.83. The van der Waals surface area contributed by atoms with Crippen LogP contribution in [-0.4, -0.2) is 31.1 Å². The Bertz CT molecular complexity index is 1110. The first kappa shape index (κ1) is 20.3. The molecule has 0 bridgehead atoms. The van der Waals surface area contributed by atoms with Gasteiger partial charge in [-0.1, -0.05) is 30.3 Å². The van der Waals surface area contributed by atoms with Crippen molar-refractivity contribution >= 4 is 23.2 Å². The summed E-state index contributed by atoms with van der Waals surface area (Å²) in [6.07, 6.45) is -1.35. The van der Waals surface area contributed by atoms with Gasteiger partial charge < -0.3 is 24.8 Å². The molecule has 3 aromatic carbocycles. The monoisotopic (exact) mass is 418 g/mol. The highest BCUT2D eigenvalue weighted by Gasteiger charge is 2.34. The van der Waals surface area contributed by atoms with Crippen molar-refractivity contribution in [2.75, 3.05) is 17.7 Å². The fourth-order valence-electron chi connectivity index (χ4n) is 3.30. The van der Waals surface area contributed by atoms with E-state index in [9.17, 15) is 9.59 Å². The molecular formula is C24H22N2O5. The fourth-order valence-corrected chi connectivity index (χ4v) is 3.30. The summed E-state index contributed by atoms with van der Waals surface area (Å²) in [5.74, 6) is 0.969. The SMILES string of the molecule is COc1cccc(NC(=O)c2ccccc2NC(=O)[C@H]2Oc3ccccc3O[C@H]2C)c1. The van der Waals surface area contributed by atoms with Crippen LogP contribution in [0.2, 0.25) is 0 Å². The van der Waals surface area contributed by atoms with Gasteiger partial charge in [-0.25, -0.2) is 0 Å². The van der Waals surface area contributed by atoms with Crippen molar-refractivity contribution in [3.63, 3.8) is 0 Å². The van der Waals surface area contributed by atoms with Crippen LogP contribution in [0, 0.1) is 0 Å². The van der Waals surface area contributed by atoms with Crippen molar-refractivity contribution in [2.45, 2.75) is 19.1 Å². The van der Waals surface area contributed by atoms with Crippen LogP contribution in [0.3, 0.4) is 0 Å². The molecule has 0 unspecified atom stereocenters. The maximum Gasteiger partial charge on any atom is 0.269 e. The molecule has 0 radical (unpaired) electrons. The maximum absolute atomic E-state index is 12.9. The molecular weight excluding hydrogens is 396 g/mol. The molecule has 2 atom stereocenters. The lowest BCUT2D eigenvalue weighted by atomic mass is 10.1. The quantitative estimate of drug-likeness (QED) is 0.651. The van der Waals surface area contributed by atoms with E-state index >= 15 is 0 Å². The normalized spacial score (nSPS) is 16.8. The first-order chi connectivity index (χ1) is 15.0. The van der Waals surface area contributed by atoms with Gasteiger partial charge in [-0.3, -0.25) is 9.59 Å². The number of hydrogen-bond donors (Lipinski definition) is 2. The molecule has 2 amide bonds. The van der Waals surface area contributed by atoms with Gasteiger partial charge in [0.15, 0.2) is 11.5 Å². The summed E-state index contributed by atoms with van der Waals surface area (Å²) in [6.45, 7) is 1.77. The predicted octanol–water partition coefficient (Wildman–Crippen LogP) is 4.11. The van der Waals surface area contributed by atoms with E-state index in [4.69, 9.17) is 14.2 Å². The molecule has 0 aromatic heterocycles. The minimum Gasteiger partial charge on any atom is -0.497 e. The van der Waals surface area contributed by atoms with Crippen LogP contribution in [0.15, 0.2) is 72.8 Å². The number of carbonyl (C=O) groups excluding carboxylic acids is 2. The molecule has 1 heterocycles. The van der Waals surface area contributed by atoms with Crippen molar-refractivity contribution in [1.29, 1.82) is 0 Å². The Morgan fingerprint density at radius 1 is 0.871 bits per heavy atom. The zero-order chi connectivity index (χ0) is 21.8. The van der Waals surface area contributed by atoms with E-state index in [2.05, 4.69) is 10.6 Å². The molecule has 0 saturated carbocycles. The van der Waals surface area contributed by atoms with E-state index < -0.39 is 18.1 Å². The second-order valence-corrected chi connectivity index (χ2v) is 7.03. The van der Waals surface area contributed by atoms with Crippen LogP contribution < -0.4 is 24.8 Å². The number of para-hydroxylation sites is 3. The Hall–Kier alpha value is -4.00. The Labute approximate surface area is 179 Å². The van der Waals surface area contributed by atoms with Crippen molar-refractivity contribution in [3.05, 3.63) is 78.4 Å². The number of amides is 2. The lowest BCUT2D eigenvalue weighted by Gasteiger charge is -2.31. The Kier molecular flexibility index (Phi) is 5.75. The van der Waals surface area contributed by atoms with Gasteiger partial charge in [0.1, 0.15) is 11.9 Å². The number of benzene rings is 3. The van der Waals surface area contributed by atoms with E-state index in [-0.39, 0.29) is 5.91 Å². The van der Waals surface area contributed by atoms with Crippen LogP contribution in [-0.2, 0) is 4.79 Å². The van der Waals surface area contributed by atoms with Gasteiger partial charge in [0.05, 0.1) is 18.4 Å². The summed E-state index contributed by atoms with van der Waals surface area (Å²) < 4.78 is 16.8. The molecule has 0 fully saturated rings. The highest BCUT2D eigenvalue weighted by molar-refractivity contribution is 6.10. The average Bonchev–Trinajstić information content (AvgIpc) is 2.79. The number of rotatable bonds is 5. The zero-order valence-corrected chi connectivity index (χ0v) is 17.1. The largest absolute Gasteiger partial charge is 0.497 e. The topological polar surface area (TPSA) is 85.9 Å². The number of carbonyl (C=O) groups is 2. The third-order valence-electron chi connectivity index (χ3n) is 4.86. The van der Waals surface area contributed by atoms with E-state index in [0.717, 1.165) is 0 Å². The second kappa shape index (κ2) is 8.79. The summed E-state index contributed by atoms with van der Waals surface area (Å²) >= 11 is 0. The number of anilines is 2. The smallest absolute Gasteiger partial charge is 0.269 e. The van der Waals surface area contributed by atoms with Gasteiger partial charge in [0.25, 0.3) is 11.8 Å². The average molecular weight is 418 g/mol. The van der Waals surface area contributed by atoms with Gasteiger partial charge in [-0.15, -0.1) is 0 Å². The maximum atomic E-state index is 12.9. The predicted molar refractivity (Wildman–Crippen MR) is 117 cm³/mol. The second-order valence-electron chi connectivity index (χ2n) is 7.03. The Morgan fingerprint density at radius 2 is 1.58 bits per heavy atom. The van der Waals surface area contributed by atoms with Gasteiger partial charge >= 0.3 is 0 Å². The van der Waals surface area contributed by atoms with E-state index in [1.807, 2.05) is 12.1 Å². The number of fused-ring (bicyclic) bond motifs is 1. The third-order valence-corrected chi connectivity index (χ3v) is 4.86. The summed E-state index contributed by atoms with van der Waals surface area (Å²) in [5.41, 5.74) is 1.28. The molecule has 0 spiro atoms. The Morgan fingerprint density at radius 3 is 2.35 bits per heavy atom. The van der Waals surface area contributed by atoms with Crippen LogP contribution in [0.4, 0.5) is 11.4 Å². The molecule has 7 heteroatoms. The van der Waals surface area contributed by atoms with Gasteiger partial charge in [0.2, 0.25) is 6.10 Å². The lowest BCUT2D eigenvalue weighted by molar-refractivity contribution is -0.128. The molecule has 31 heavy (non-hydrogen) atoms. The standard InChI is InChI=1S/C24H22N2O5/c1-15-22(31-21-13-6-5-12-20(21)30-15)24(28)26-19-11-4-3-10-18(19)23(27)25-16-8-7-9-17(14-16)29-2/h3-15,22H,1-2H3,(H,25,27)(H,26,28)/t15-,22-/m0/s1. The third kappa shape index (κ3) is 4.45.